The highest BCUT2D eigenvalue weighted by Gasteiger charge is 2.27. The maximum atomic E-state index is 14.8. The van der Waals surface area contributed by atoms with E-state index in [1.807, 2.05) is 6.92 Å². The van der Waals surface area contributed by atoms with E-state index in [9.17, 15) is 8.78 Å². The quantitative estimate of drug-likeness (QED) is 0.243. The summed E-state index contributed by atoms with van der Waals surface area (Å²) >= 11 is 0. The van der Waals surface area contributed by atoms with Crippen molar-refractivity contribution < 1.29 is 13.5 Å². The van der Waals surface area contributed by atoms with Gasteiger partial charge in [0.05, 0.1) is 6.61 Å². The molecule has 190 valence electrons. The minimum atomic E-state index is -0.821. The van der Waals surface area contributed by atoms with Crippen LogP contribution in [0.2, 0.25) is 0 Å². The minimum absolute atomic E-state index is 0.0452. The molecular weight excluding hydrogens is 438 g/mol. The lowest BCUT2D eigenvalue weighted by Gasteiger charge is -2.29. The molecule has 0 amide bonds. The summed E-state index contributed by atoms with van der Waals surface area (Å²) in [5.41, 5.74) is 3.44. The lowest BCUT2D eigenvalue weighted by atomic mass is 9.76. The maximum absolute atomic E-state index is 14.8. The fourth-order valence-corrected chi connectivity index (χ4v) is 6.08. The van der Waals surface area contributed by atoms with Crippen LogP contribution in [-0.4, -0.2) is 6.61 Å². The minimum Gasteiger partial charge on any atom is -0.490 e. The number of rotatable bonds is 10. The molecule has 2 aromatic carbocycles. The van der Waals surface area contributed by atoms with E-state index in [1.165, 1.54) is 43.2 Å². The summed E-state index contributed by atoms with van der Waals surface area (Å²) in [7, 11) is 0. The number of hydrogen-bond donors (Lipinski definition) is 0. The summed E-state index contributed by atoms with van der Waals surface area (Å²) < 4.78 is 34.7. The Morgan fingerprint density at radius 2 is 1.54 bits per heavy atom. The molecule has 2 saturated carbocycles. The third-order valence-electron chi connectivity index (χ3n) is 8.52. The van der Waals surface area contributed by atoms with E-state index in [4.69, 9.17) is 4.74 Å². The third-order valence-corrected chi connectivity index (χ3v) is 8.52. The van der Waals surface area contributed by atoms with Crippen LogP contribution in [0.5, 0.6) is 5.75 Å². The van der Waals surface area contributed by atoms with E-state index in [-0.39, 0.29) is 11.7 Å². The summed E-state index contributed by atoms with van der Waals surface area (Å²) in [5.74, 6) is 0.714. The normalized spacial score (nSPS) is 24.8. The Morgan fingerprint density at radius 3 is 2.20 bits per heavy atom. The molecular formula is C32H42F2O. The second-order valence-electron chi connectivity index (χ2n) is 10.8. The van der Waals surface area contributed by atoms with E-state index < -0.39 is 11.6 Å². The van der Waals surface area contributed by atoms with Crippen LogP contribution in [-0.2, 0) is 6.42 Å². The molecule has 0 aliphatic heterocycles. The third kappa shape index (κ3) is 6.74. The van der Waals surface area contributed by atoms with Gasteiger partial charge in [0.1, 0.15) is 0 Å². The van der Waals surface area contributed by atoms with Crippen LogP contribution in [0.3, 0.4) is 0 Å². The summed E-state index contributed by atoms with van der Waals surface area (Å²) in [6.45, 7) is 6.43. The zero-order valence-corrected chi connectivity index (χ0v) is 21.4. The standard InChI is InChI=1S/C32H42F2O/c1-3-5-22-35-30-21-20-29(31(33)32(30)34)28-18-12-25(13-19-28)7-6-24-10-16-27(17-11-24)26-14-8-23(4-2)9-15-26/h4,10-11,16-17,20-21,23,25-26,28H,2-3,5-9,12-15,18-19,22H2,1H3. The molecule has 0 saturated heterocycles. The first kappa shape index (κ1) is 25.9. The predicted molar refractivity (Wildman–Crippen MR) is 141 cm³/mol. The number of ether oxygens (including phenoxy) is 1. The molecule has 2 aliphatic carbocycles. The largest absolute Gasteiger partial charge is 0.490 e. The lowest BCUT2D eigenvalue weighted by Crippen LogP contribution is -2.16. The van der Waals surface area contributed by atoms with Crippen LogP contribution in [0.25, 0.3) is 0 Å². The first-order valence-electron chi connectivity index (χ1n) is 13.9. The highest BCUT2D eigenvalue weighted by Crippen LogP contribution is 2.40. The monoisotopic (exact) mass is 480 g/mol. The number of aryl methyl sites for hydroxylation is 1. The Bertz CT molecular complexity index is 935. The molecule has 0 atom stereocenters. The molecule has 1 nitrogen and oxygen atoms in total. The van der Waals surface area contributed by atoms with Gasteiger partial charge in [-0.15, -0.1) is 6.58 Å². The highest BCUT2D eigenvalue weighted by molar-refractivity contribution is 5.33. The van der Waals surface area contributed by atoms with Crippen LogP contribution >= 0.6 is 0 Å². The molecule has 0 aromatic heterocycles. The van der Waals surface area contributed by atoms with Gasteiger partial charge in [-0.05, 0) is 117 Å². The summed E-state index contributed by atoms with van der Waals surface area (Å²) in [6, 6.07) is 12.7. The molecule has 2 aromatic rings. The lowest BCUT2D eigenvalue weighted by molar-refractivity contribution is 0.283. The SMILES string of the molecule is C=CC1CCC(c2ccc(CCC3CCC(c4ccc(OCCCC)c(F)c4F)CC3)cc2)CC1. The average Bonchev–Trinajstić information content (AvgIpc) is 2.91. The zero-order valence-electron chi connectivity index (χ0n) is 21.4. The topological polar surface area (TPSA) is 9.23 Å². The Hall–Kier alpha value is -2.16. The zero-order chi connectivity index (χ0) is 24.6. The van der Waals surface area contributed by atoms with E-state index >= 15 is 0 Å². The van der Waals surface area contributed by atoms with E-state index in [0.29, 0.717) is 29.9 Å². The number of halogens is 2. The van der Waals surface area contributed by atoms with E-state index in [2.05, 4.69) is 36.9 Å². The van der Waals surface area contributed by atoms with Gasteiger partial charge >= 0.3 is 0 Å². The predicted octanol–water partition coefficient (Wildman–Crippen LogP) is 9.51. The van der Waals surface area contributed by atoms with Gasteiger partial charge in [-0.2, -0.15) is 4.39 Å². The first-order chi connectivity index (χ1) is 17.1. The molecule has 0 unspecified atom stereocenters. The van der Waals surface area contributed by atoms with Crippen LogP contribution in [0.15, 0.2) is 49.1 Å². The number of unbranched alkanes of at least 4 members (excludes halogenated alkanes) is 1. The van der Waals surface area contributed by atoms with Crippen molar-refractivity contribution in [3.8, 4) is 5.75 Å². The van der Waals surface area contributed by atoms with E-state index in [1.54, 1.807) is 12.1 Å². The maximum Gasteiger partial charge on any atom is 0.200 e. The van der Waals surface area contributed by atoms with Crippen molar-refractivity contribution in [1.82, 2.24) is 0 Å². The van der Waals surface area contributed by atoms with Crippen LogP contribution in [0, 0.1) is 23.5 Å². The fraction of sp³-hybridized carbons (Fsp3) is 0.562. The van der Waals surface area contributed by atoms with Crippen LogP contribution in [0.4, 0.5) is 8.78 Å². The number of hydrogen-bond acceptors (Lipinski definition) is 1. The van der Waals surface area contributed by atoms with Gasteiger partial charge in [0.2, 0.25) is 5.82 Å². The van der Waals surface area contributed by atoms with Gasteiger partial charge < -0.3 is 4.74 Å². The molecule has 2 aliphatic rings. The highest BCUT2D eigenvalue weighted by atomic mass is 19.2. The van der Waals surface area contributed by atoms with Gasteiger partial charge in [0, 0.05) is 0 Å². The summed E-state index contributed by atoms with van der Waals surface area (Å²) in [5, 5.41) is 0. The molecule has 2 fully saturated rings. The molecule has 35 heavy (non-hydrogen) atoms. The Balaban J connectivity index is 1.23. The molecule has 0 N–H and O–H groups in total. The Kier molecular flexibility index (Phi) is 9.40. The van der Waals surface area contributed by atoms with Crippen molar-refractivity contribution in [2.45, 2.75) is 95.8 Å². The van der Waals surface area contributed by atoms with Crippen LogP contribution < -0.4 is 4.74 Å². The molecule has 0 spiro atoms. The Morgan fingerprint density at radius 1 is 0.857 bits per heavy atom. The van der Waals surface area contributed by atoms with Gasteiger partial charge in [-0.1, -0.05) is 49.8 Å². The second-order valence-corrected chi connectivity index (χ2v) is 10.8. The van der Waals surface area contributed by atoms with Crippen molar-refractivity contribution in [2.24, 2.45) is 11.8 Å². The van der Waals surface area contributed by atoms with E-state index in [0.717, 1.165) is 44.9 Å². The van der Waals surface area contributed by atoms with Gasteiger partial charge in [0.15, 0.2) is 11.6 Å². The average molecular weight is 481 g/mol. The van der Waals surface area contributed by atoms with Crippen molar-refractivity contribution in [2.75, 3.05) is 6.61 Å². The second kappa shape index (κ2) is 12.7. The first-order valence-corrected chi connectivity index (χ1v) is 13.9. The van der Waals surface area contributed by atoms with Crippen LogP contribution in [0.1, 0.15) is 106 Å². The molecule has 0 bridgehead atoms. The van der Waals surface area contributed by atoms with Gasteiger partial charge in [-0.3, -0.25) is 0 Å². The van der Waals surface area contributed by atoms with Crippen molar-refractivity contribution in [1.29, 1.82) is 0 Å². The summed E-state index contributed by atoms with van der Waals surface area (Å²) in [6.07, 6.45) is 15.4. The Labute approximate surface area is 211 Å². The summed E-state index contributed by atoms with van der Waals surface area (Å²) in [4.78, 5) is 0. The number of allylic oxidation sites excluding steroid dienone is 1. The molecule has 3 heteroatoms. The van der Waals surface area contributed by atoms with Crippen molar-refractivity contribution >= 4 is 0 Å². The number of benzene rings is 2. The van der Waals surface area contributed by atoms with Gasteiger partial charge in [-0.25, -0.2) is 4.39 Å². The van der Waals surface area contributed by atoms with Gasteiger partial charge in [0.25, 0.3) is 0 Å². The molecule has 4 rings (SSSR count). The fourth-order valence-electron chi connectivity index (χ4n) is 6.08. The molecule has 0 radical (unpaired) electrons. The molecule has 0 heterocycles. The van der Waals surface area contributed by atoms with Crippen molar-refractivity contribution in [3.05, 3.63) is 77.4 Å². The van der Waals surface area contributed by atoms with Crippen molar-refractivity contribution in [3.63, 3.8) is 0 Å². The smallest absolute Gasteiger partial charge is 0.200 e.